The molecule has 4 aromatic carbocycles. The van der Waals surface area contributed by atoms with Crippen LogP contribution in [0.1, 0.15) is 11.1 Å². The second kappa shape index (κ2) is 26.1. The molecule has 0 bridgehead atoms. The highest BCUT2D eigenvalue weighted by molar-refractivity contribution is 7.94. The average molecular weight is 1240 g/mol. The minimum absolute atomic E-state index is 0.0987. The van der Waals surface area contributed by atoms with Crippen LogP contribution in [0.2, 0.25) is 0 Å². The fourth-order valence-corrected chi connectivity index (χ4v) is 10.3. The van der Waals surface area contributed by atoms with Gasteiger partial charge in [-0.15, -0.1) is 4.33 Å². The first-order valence-electron chi connectivity index (χ1n) is 21.8. The third kappa shape index (κ3) is 16.8. The molecule has 2 heterocycles. The number of hydrogen-bond donors (Lipinski definition) is 14. The summed E-state index contributed by atoms with van der Waals surface area (Å²) in [7, 11) is -25.1. The predicted molar refractivity (Wildman–Crippen MR) is 280 cm³/mol. The van der Waals surface area contributed by atoms with E-state index >= 15 is 0 Å². The Morgan fingerprint density at radius 3 is 1.20 bits per heavy atom. The van der Waals surface area contributed by atoms with Crippen molar-refractivity contribution in [2.45, 2.75) is 29.4 Å². The van der Waals surface area contributed by atoms with Crippen molar-refractivity contribution in [3.63, 3.8) is 0 Å². The molecule has 432 valence electrons. The van der Waals surface area contributed by atoms with E-state index in [2.05, 4.69) is 60.5 Å². The predicted octanol–water partition coefficient (Wildman–Crippen LogP) is 1.45. The molecule has 14 N–H and O–H groups in total. The van der Waals surface area contributed by atoms with Crippen LogP contribution in [-0.2, 0) is 60.0 Å². The van der Waals surface area contributed by atoms with Crippen molar-refractivity contribution in [3.8, 4) is 0 Å². The van der Waals surface area contributed by atoms with E-state index < -0.39 is 131 Å². The van der Waals surface area contributed by atoms with Crippen molar-refractivity contribution in [1.82, 2.24) is 29.9 Å². The largest absolute Gasteiger partial charge is 0.395 e. The van der Waals surface area contributed by atoms with Gasteiger partial charge in [-0.25, -0.2) is 5.26 Å². The molecule has 0 aliphatic heterocycles. The molecule has 0 aliphatic carbocycles. The van der Waals surface area contributed by atoms with Crippen LogP contribution in [0.4, 0.5) is 58.4 Å². The van der Waals surface area contributed by atoms with E-state index in [0.29, 0.717) is 48.4 Å². The highest BCUT2D eigenvalue weighted by Crippen LogP contribution is 2.34. The summed E-state index contributed by atoms with van der Waals surface area (Å²) in [6.45, 7) is -2.72. The topological polar surface area (TPSA) is 523 Å². The van der Waals surface area contributed by atoms with E-state index in [0.717, 1.165) is 6.07 Å². The number of benzene rings is 4. The van der Waals surface area contributed by atoms with Gasteiger partial charge in [0.1, 0.15) is 14.7 Å². The van der Waals surface area contributed by atoms with E-state index in [-0.39, 0.29) is 71.4 Å². The zero-order chi connectivity index (χ0) is 58.8. The molecule has 0 saturated carbocycles. The highest BCUT2D eigenvalue weighted by Gasteiger charge is 2.25. The third-order valence-electron chi connectivity index (χ3n) is 10.3. The molecule has 6 rings (SSSR count). The van der Waals surface area contributed by atoms with Gasteiger partial charge in [-0.1, -0.05) is 29.3 Å². The maximum Gasteiger partial charge on any atom is 0.296 e. The third-order valence-corrected chi connectivity index (χ3v) is 15.3. The maximum absolute atomic E-state index is 12.9. The molecule has 0 fully saturated rings. The lowest BCUT2D eigenvalue weighted by Gasteiger charge is -2.22. The molecule has 34 nitrogen and oxygen atoms in total. The summed E-state index contributed by atoms with van der Waals surface area (Å²) < 4.78 is 177. The number of anilines is 10. The Kier molecular flexibility index (Phi) is 20.3. The molecule has 0 radical (unpaired) electrons. The van der Waals surface area contributed by atoms with Gasteiger partial charge in [0.2, 0.25) is 35.7 Å². The smallest absolute Gasteiger partial charge is 0.296 e. The normalized spacial score (nSPS) is 12.4. The number of aliphatic hydroxyl groups is 4. The first-order valence-corrected chi connectivity index (χ1v) is 29.8. The summed E-state index contributed by atoms with van der Waals surface area (Å²) >= 11 is 0.412. The van der Waals surface area contributed by atoms with Gasteiger partial charge in [0.25, 0.3) is 50.6 Å². The van der Waals surface area contributed by atoms with Crippen LogP contribution in [-0.4, -0.2) is 173 Å². The Morgan fingerprint density at radius 1 is 0.450 bits per heavy atom. The van der Waals surface area contributed by atoms with Gasteiger partial charge in [0.15, 0.2) is 0 Å². The molecule has 0 atom stereocenters. The first kappa shape index (κ1) is 62.3. The number of nitrogens with zero attached hydrogens (tertiary/aromatic N) is 8. The van der Waals surface area contributed by atoms with Gasteiger partial charge in [-0.2, -0.15) is 72.0 Å². The van der Waals surface area contributed by atoms with Gasteiger partial charge in [-0.05, 0) is 71.8 Å². The Labute approximate surface area is 457 Å². The molecular formula is C40H44N12O22S6. The van der Waals surface area contributed by atoms with Crippen LogP contribution < -0.4 is 31.1 Å². The van der Waals surface area contributed by atoms with Crippen LogP contribution in [0.5, 0.6) is 0 Å². The molecule has 0 unspecified atom stereocenters. The average Bonchev–Trinajstić information content (AvgIpc) is 3.37. The van der Waals surface area contributed by atoms with Gasteiger partial charge in [0, 0.05) is 42.4 Å². The van der Waals surface area contributed by atoms with E-state index in [9.17, 15) is 85.3 Å². The molecule has 0 aliphatic rings. The summed E-state index contributed by atoms with van der Waals surface area (Å²) in [5, 5.41) is 62.1. The number of rotatable bonds is 28. The van der Waals surface area contributed by atoms with Crippen molar-refractivity contribution in [3.05, 3.63) is 83.9 Å². The first-order chi connectivity index (χ1) is 37.5. The van der Waals surface area contributed by atoms with Crippen LogP contribution in [0.25, 0.3) is 12.2 Å². The van der Waals surface area contributed by atoms with Gasteiger partial charge < -0.3 is 51.5 Å². The van der Waals surface area contributed by atoms with Gasteiger partial charge in [-0.3, -0.25) is 22.8 Å². The zero-order valence-electron chi connectivity index (χ0n) is 40.1. The fourth-order valence-electron chi connectivity index (χ4n) is 6.85. The molecule has 80 heavy (non-hydrogen) atoms. The lowest BCUT2D eigenvalue weighted by Crippen LogP contribution is -2.31. The maximum atomic E-state index is 12.9. The number of aromatic nitrogens is 6. The Hall–Kier alpha value is -6.94. The molecule has 0 amide bonds. The van der Waals surface area contributed by atoms with Gasteiger partial charge >= 0.3 is 0 Å². The monoisotopic (exact) mass is 1240 g/mol. The number of aliphatic hydroxyl groups excluding tert-OH is 4. The van der Waals surface area contributed by atoms with Crippen molar-refractivity contribution in [1.29, 1.82) is 0 Å². The summed E-state index contributed by atoms with van der Waals surface area (Å²) in [5.41, 5.74) is -1.26. The molecular weight excluding hydrogens is 1190 g/mol. The minimum Gasteiger partial charge on any atom is -0.395 e. The van der Waals surface area contributed by atoms with Crippen molar-refractivity contribution < 1.29 is 99.9 Å². The summed E-state index contributed by atoms with van der Waals surface area (Å²) in [4.78, 5) is 23.7. The van der Waals surface area contributed by atoms with E-state index in [1.807, 2.05) is 0 Å². The second-order valence-corrected chi connectivity index (χ2v) is 23.4. The van der Waals surface area contributed by atoms with Crippen LogP contribution in [0, 0.1) is 0 Å². The standard InChI is InChI=1S/C40H44N12O22S6/c53-15-11-51(12-16-54)39-47-35(45-37(49-39)43-29-21-27(76(58,59)60)7-9-32(29)78(64,65)66)41-25-5-3-23(31(19-25)75-74-73-57)1-2-24-4-6-26(20-34(24)80(70,71)72)42-36-46-38(50-40(48-36)52(13-17-55)14-18-56)44-30-22-28(77(61,62)63)8-10-33(30)79(67,68)69/h1-10,19-22,53-57H,11-18H2,(H,58,59,60)(H,61,62,63)(H,64,65,66)(H,67,68,69)(H,70,71,72)(H2,41,43,45,47,49)(H2,42,44,46,48,50)/b2-1+. The fraction of sp³-hybridized carbons (Fsp3) is 0.200. The summed E-state index contributed by atoms with van der Waals surface area (Å²) in [5.74, 6) is -2.44. The second-order valence-electron chi connectivity index (χ2n) is 15.7. The Bertz CT molecular complexity index is 3860. The van der Waals surface area contributed by atoms with Crippen molar-refractivity contribution in [2.75, 3.05) is 83.7 Å². The van der Waals surface area contributed by atoms with E-state index in [1.54, 1.807) is 0 Å². The molecule has 6 aromatic rings. The van der Waals surface area contributed by atoms with Crippen LogP contribution in [0.3, 0.4) is 0 Å². The zero-order valence-corrected chi connectivity index (χ0v) is 45.0. The highest BCUT2D eigenvalue weighted by atomic mass is 32.2. The molecule has 0 spiro atoms. The summed E-state index contributed by atoms with van der Waals surface area (Å²) in [6, 6.07) is 11.6. The van der Waals surface area contributed by atoms with Gasteiger partial charge in [0.05, 0.1) is 59.6 Å². The number of nitrogens with one attached hydrogen (secondary N) is 4. The van der Waals surface area contributed by atoms with Crippen LogP contribution >= 0.6 is 12.0 Å². The molecule has 40 heteroatoms. The molecule has 0 saturated heterocycles. The number of hydrogen-bond acceptors (Lipinski definition) is 30. The minimum atomic E-state index is -5.10. The van der Waals surface area contributed by atoms with E-state index in [1.165, 1.54) is 52.3 Å². The lowest BCUT2D eigenvalue weighted by molar-refractivity contribution is -0.432. The van der Waals surface area contributed by atoms with Crippen molar-refractivity contribution in [2.24, 2.45) is 0 Å². The summed E-state index contributed by atoms with van der Waals surface area (Å²) in [6.07, 6.45) is 2.55. The molecule has 2 aromatic heterocycles. The SMILES string of the molecule is O=S(=O)(O)c1ccc(S(=O)(=O)O)c(Nc2nc(Nc3ccc(/C=C/c4ccc(Nc5nc(Nc6cc(S(=O)(=O)O)ccc6S(=O)(=O)O)nc(N(CCO)CCO)n5)cc4S(=O)(=O)O)c(SOOO)c3)nc(N(CCO)CCO)n2)c1. The quantitative estimate of drug-likeness (QED) is 0.0109. The van der Waals surface area contributed by atoms with Crippen molar-refractivity contribution >= 4 is 133 Å². The lowest BCUT2D eigenvalue weighted by atomic mass is 10.1. The Morgan fingerprint density at radius 2 is 0.825 bits per heavy atom. The van der Waals surface area contributed by atoms with Crippen LogP contribution in [0.15, 0.2) is 102 Å². The Balaban J connectivity index is 1.37. The van der Waals surface area contributed by atoms with E-state index in [4.69, 9.17) is 5.26 Å².